The summed E-state index contributed by atoms with van der Waals surface area (Å²) in [6, 6.07) is 5.48. The third kappa shape index (κ3) is 6.02. The lowest BCUT2D eigenvalue weighted by atomic mass is 9.96. The number of methoxy groups -OCH3 is 1. The predicted molar refractivity (Wildman–Crippen MR) is 123 cm³/mol. The van der Waals surface area contributed by atoms with E-state index in [9.17, 15) is 19.5 Å². The van der Waals surface area contributed by atoms with Gasteiger partial charge in [-0.3, -0.25) is 14.4 Å². The molecule has 3 amide bonds. The van der Waals surface area contributed by atoms with Crippen molar-refractivity contribution in [3.63, 3.8) is 0 Å². The van der Waals surface area contributed by atoms with Crippen LogP contribution in [0.4, 0.5) is 0 Å². The molecule has 0 spiro atoms. The van der Waals surface area contributed by atoms with Crippen LogP contribution in [-0.2, 0) is 9.59 Å². The van der Waals surface area contributed by atoms with E-state index >= 15 is 0 Å². The summed E-state index contributed by atoms with van der Waals surface area (Å²) in [5, 5.41) is 19.0. The summed E-state index contributed by atoms with van der Waals surface area (Å²) in [6.07, 6.45) is -0.106. The number of benzene rings is 1. The van der Waals surface area contributed by atoms with E-state index in [0.717, 1.165) is 10.9 Å². The zero-order valence-electron chi connectivity index (χ0n) is 19.2. The van der Waals surface area contributed by atoms with E-state index in [2.05, 4.69) is 20.9 Å². The number of aromatic amines is 1. The molecular formula is C23H33N5O5. The Morgan fingerprint density at radius 2 is 2.06 bits per heavy atom. The standard InChI is InChI=1S/C23H33N5O5/c1-12(2)9-17(22(31)27-16(20(24)29)10-13-7-8-25-21(13)30)28-23(32)18-11-14-15(26-18)5-4-6-19(14)33-3/h4-6,11-13,16-17,20,26,29H,7-10,24H2,1-3H3,(H,25,30)(H,27,31)(H,28,32)/t13?,16?,17-,20?/m0/s1. The van der Waals surface area contributed by atoms with Gasteiger partial charge in [0.25, 0.3) is 5.91 Å². The van der Waals surface area contributed by atoms with Crippen molar-refractivity contribution >= 4 is 28.6 Å². The molecule has 10 heteroatoms. The number of H-pyrrole nitrogens is 1. The first-order valence-corrected chi connectivity index (χ1v) is 11.2. The minimum atomic E-state index is -1.33. The Balaban J connectivity index is 1.73. The van der Waals surface area contributed by atoms with Crippen molar-refractivity contribution in [3.05, 3.63) is 30.0 Å². The summed E-state index contributed by atoms with van der Waals surface area (Å²) in [4.78, 5) is 41.0. The number of aliphatic hydroxyl groups is 1. The molecule has 0 saturated carbocycles. The Bertz CT molecular complexity index is 1000. The third-order valence-corrected chi connectivity index (χ3v) is 5.86. The Hall–Kier alpha value is -3.11. The summed E-state index contributed by atoms with van der Waals surface area (Å²) in [5.74, 6) is -0.586. The maximum absolute atomic E-state index is 13.1. The predicted octanol–water partition coefficient (Wildman–Crippen LogP) is 0.609. The number of rotatable bonds is 10. The van der Waals surface area contributed by atoms with Gasteiger partial charge in [-0.05, 0) is 43.4 Å². The highest BCUT2D eigenvalue weighted by molar-refractivity contribution is 6.01. The molecule has 2 heterocycles. The Morgan fingerprint density at radius 3 is 2.67 bits per heavy atom. The second kappa shape index (κ2) is 10.7. The van der Waals surface area contributed by atoms with Crippen molar-refractivity contribution in [2.45, 2.75) is 51.4 Å². The summed E-state index contributed by atoms with van der Waals surface area (Å²) >= 11 is 0. The van der Waals surface area contributed by atoms with Gasteiger partial charge in [-0.2, -0.15) is 0 Å². The smallest absolute Gasteiger partial charge is 0.268 e. The van der Waals surface area contributed by atoms with Gasteiger partial charge in [0, 0.05) is 23.4 Å². The van der Waals surface area contributed by atoms with Crippen molar-refractivity contribution in [1.82, 2.24) is 20.9 Å². The number of hydrogen-bond donors (Lipinski definition) is 6. The van der Waals surface area contributed by atoms with Crippen LogP contribution in [0.5, 0.6) is 5.75 Å². The van der Waals surface area contributed by atoms with E-state index in [1.165, 1.54) is 0 Å². The number of carbonyl (C=O) groups is 3. The number of nitrogens with two attached hydrogens (primary N) is 1. The van der Waals surface area contributed by atoms with Crippen LogP contribution in [0.15, 0.2) is 24.3 Å². The number of fused-ring (bicyclic) bond motifs is 1. The largest absolute Gasteiger partial charge is 0.496 e. The molecule has 33 heavy (non-hydrogen) atoms. The quantitative estimate of drug-likeness (QED) is 0.286. The average Bonchev–Trinajstić information content (AvgIpc) is 3.38. The zero-order chi connectivity index (χ0) is 24.1. The molecule has 2 aromatic rings. The van der Waals surface area contributed by atoms with Gasteiger partial charge in [0.2, 0.25) is 11.8 Å². The molecule has 1 aliphatic heterocycles. The van der Waals surface area contributed by atoms with Gasteiger partial charge in [-0.25, -0.2) is 0 Å². The molecule has 1 aromatic carbocycles. The van der Waals surface area contributed by atoms with Gasteiger partial charge in [0.05, 0.1) is 13.2 Å². The second-order valence-corrected chi connectivity index (χ2v) is 8.88. The molecule has 0 radical (unpaired) electrons. The van der Waals surface area contributed by atoms with Crippen LogP contribution in [0.2, 0.25) is 0 Å². The van der Waals surface area contributed by atoms with Gasteiger partial charge in [-0.15, -0.1) is 0 Å². The highest BCUT2D eigenvalue weighted by Gasteiger charge is 2.32. The lowest BCUT2D eigenvalue weighted by Gasteiger charge is -2.27. The normalized spacial score (nSPS) is 18.6. The molecule has 180 valence electrons. The van der Waals surface area contributed by atoms with Gasteiger partial charge >= 0.3 is 0 Å². The van der Waals surface area contributed by atoms with Crippen molar-refractivity contribution in [3.8, 4) is 5.75 Å². The van der Waals surface area contributed by atoms with E-state index in [-0.39, 0.29) is 24.2 Å². The van der Waals surface area contributed by atoms with Gasteiger partial charge in [0.1, 0.15) is 23.7 Å². The van der Waals surface area contributed by atoms with Crippen LogP contribution in [0.1, 0.15) is 43.6 Å². The third-order valence-electron chi connectivity index (χ3n) is 5.86. The lowest BCUT2D eigenvalue weighted by molar-refractivity contribution is -0.127. The molecule has 7 N–H and O–H groups in total. The minimum absolute atomic E-state index is 0.115. The number of carbonyl (C=O) groups excluding carboxylic acids is 3. The monoisotopic (exact) mass is 459 g/mol. The number of aromatic nitrogens is 1. The van der Waals surface area contributed by atoms with Crippen LogP contribution >= 0.6 is 0 Å². The van der Waals surface area contributed by atoms with E-state index < -0.39 is 30.1 Å². The molecular weight excluding hydrogens is 426 g/mol. The molecule has 3 rings (SSSR count). The zero-order valence-corrected chi connectivity index (χ0v) is 19.2. The molecule has 1 fully saturated rings. The number of aliphatic hydroxyl groups excluding tert-OH is 1. The molecule has 4 atom stereocenters. The van der Waals surface area contributed by atoms with Crippen molar-refractivity contribution in [2.75, 3.05) is 13.7 Å². The molecule has 1 saturated heterocycles. The molecule has 1 aromatic heterocycles. The molecule has 10 nitrogen and oxygen atoms in total. The molecule has 3 unspecified atom stereocenters. The lowest BCUT2D eigenvalue weighted by Crippen LogP contribution is -2.55. The number of amides is 3. The number of hydrogen-bond acceptors (Lipinski definition) is 6. The van der Waals surface area contributed by atoms with Crippen LogP contribution in [0, 0.1) is 11.8 Å². The number of ether oxygens (including phenoxy) is 1. The topological polar surface area (TPSA) is 159 Å². The molecule has 0 bridgehead atoms. The van der Waals surface area contributed by atoms with E-state index in [1.807, 2.05) is 26.0 Å². The first-order chi connectivity index (χ1) is 15.7. The summed E-state index contributed by atoms with van der Waals surface area (Å²) in [5.41, 5.74) is 6.72. The van der Waals surface area contributed by atoms with Crippen LogP contribution in [-0.4, -0.2) is 59.8 Å². The average molecular weight is 460 g/mol. The highest BCUT2D eigenvalue weighted by Crippen LogP contribution is 2.26. The van der Waals surface area contributed by atoms with Gasteiger partial charge < -0.3 is 36.5 Å². The maximum Gasteiger partial charge on any atom is 0.268 e. The molecule has 1 aliphatic rings. The fraction of sp³-hybridized carbons (Fsp3) is 0.522. The van der Waals surface area contributed by atoms with E-state index in [1.54, 1.807) is 19.2 Å². The summed E-state index contributed by atoms with van der Waals surface area (Å²) in [7, 11) is 1.56. The van der Waals surface area contributed by atoms with Crippen LogP contribution < -0.4 is 26.4 Å². The van der Waals surface area contributed by atoms with Crippen molar-refractivity contribution in [2.24, 2.45) is 17.6 Å². The summed E-state index contributed by atoms with van der Waals surface area (Å²) < 4.78 is 5.34. The van der Waals surface area contributed by atoms with Gasteiger partial charge in [0.15, 0.2) is 0 Å². The van der Waals surface area contributed by atoms with Crippen LogP contribution in [0.25, 0.3) is 10.9 Å². The van der Waals surface area contributed by atoms with Crippen molar-refractivity contribution < 1.29 is 24.2 Å². The Morgan fingerprint density at radius 1 is 1.30 bits per heavy atom. The first-order valence-electron chi connectivity index (χ1n) is 11.2. The highest BCUT2D eigenvalue weighted by atomic mass is 16.5. The Kier molecular flexibility index (Phi) is 7.93. The maximum atomic E-state index is 13.1. The summed E-state index contributed by atoms with van der Waals surface area (Å²) in [6.45, 7) is 4.45. The SMILES string of the molecule is COc1cccc2[nH]c(C(=O)N[C@@H](CC(C)C)C(=O)NC(CC3CCNC3=O)C(N)O)cc12. The molecule has 0 aliphatic carbocycles. The van der Waals surface area contributed by atoms with Gasteiger partial charge in [-0.1, -0.05) is 19.9 Å². The fourth-order valence-corrected chi connectivity index (χ4v) is 4.11. The van der Waals surface area contributed by atoms with E-state index in [4.69, 9.17) is 10.5 Å². The Labute approximate surface area is 192 Å². The minimum Gasteiger partial charge on any atom is -0.496 e. The van der Waals surface area contributed by atoms with Crippen molar-refractivity contribution in [1.29, 1.82) is 0 Å². The first kappa shape index (κ1) is 24.5. The second-order valence-electron chi connectivity index (χ2n) is 8.88. The number of nitrogens with one attached hydrogen (secondary N) is 4. The van der Waals surface area contributed by atoms with Crippen LogP contribution in [0.3, 0.4) is 0 Å². The van der Waals surface area contributed by atoms with E-state index in [0.29, 0.717) is 30.8 Å². The fourth-order valence-electron chi connectivity index (χ4n) is 4.11.